The number of nitrogens with zero attached hydrogens (tertiary/aromatic N) is 2. The van der Waals surface area contributed by atoms with E-state index in [1.165, 1.54) is 18.2 Å². The number of hydrogen-bond acceptors (Lipinski definition) is 5. The fourth-order valence-corrected chi connectivity index (χ4v) is 3.16. The molecule has 1 heterocycles. The van der Waals surface area contributed by atoms with Crippen molar-refractivity contribution in [3.05, 3.63) is 34.4 Å². The monoisotopic (exact) mass is 272 g/mol. The van der Waals surface area contributed by atoms with Crippen LogP contribution >= 0.6 is 0 Å². The van der Waals surface area contributed by atoms with Crippen LogP contribution in [0, 0.1) is 10.1 Å². The van der Waals surface area contributed by atoms with Crippen LogP contribution in [0.1, 0.15) is 12.8 Å². The third kappa shape index (κ3) is 2.35. The fourth-order valence-electron chi connectivity index (χ4n) is 1.70. The summed E-state index contributed by atoms with van der Waals surface area (Å²) in [6.07, 6.45) is 1.46. The van der Waals surface area contributed by atoms with E-state index >= 15 is 0 Å². The van der Waals surface area contributed by atoms with Crippen LogP contribution in [-0.4, -0.2) is 31.0 Å². The van der Waals surface area contributed by atoms with E-state index in [9.17, 15) is 18.5 Å². The van der Waals surface area contributed by atoms with Crippen LogP contribution in [0.15, 0.2) is 29.2 Å². The van der Waals surface area contributed by atoms with Gasteiger partial charge in [0.2, 0.25) is 0 Å². The molecule has 0 radical (unpaired) electrons. The molecule has 0 atom stereocenters. The highest BCUT2D eigenvalue weighted by Gasteiger charge is 2.33. The lowest BCUT2D eigenvalue weighted by Crippen LogP contribution is -2.36. The van der Waals surface area contributed by atoms with Crippen LogP contribution in [0.2, 0.25) is 0 Å². The van der Waals surface area contributed by atoms with Crippen LogP contribution < -0.4 is 0 Å². The van der Waals surface area contributed by atoms with Crippen molar-refractivity contribution in [2.75, 3.05) is 13.2 Å². The van der Waals surface area contributed by atoms with E-state index in [2.05, 4.69) is 0 Å². The molecule has 1 fully saturated rings. The molecule has 1 aliphatic rings. The van der Waals surface area contributed by atoms with Crippen molar-refractivity contribution in [1.82, 2.24) is 4.47 Å². The Morgan fingerprint density at radius 1 is 1.28 bits per heavy atom. The highest BCUT2D eigenvalue weighted by atomic mass is 32.2. The fraction of sp³-hybridized carbons (Fsp3) is 0.400. The number of benzene rings is 1. The quantitative estimate of drug-likeness (QED) is 0.611. The maximum absolute atomic E-state index is 12.2. The second kappa shape index (κ2) is 5.01. The van der Waals surface area contributed by atoms with Gasteiger partial charge < -0.3 is 0 Å². The van der Waals surface area contributed by atoms with Gasteiger partial charge in [0.15, 0.2) is 4.90 Å². The number of hydrogen-bond donors (Lipinski definition) is 0. The third-order valence-corrected chi connectivity index (χ3v) is 4.30. The first-order valence-corrected chi connectivity index (χ1v) is 6.86. The molecule has 0 spiro atoms. The van der Waals surface area contributed by atoms with E-state index in [1.54, 1.807) is 0 Å². The molecular formula is C10H12N2O5S. The summed E-state index contributed by atoms with van der Waals surface area (Å²) in [6.45, 7) is 0.522. The number of para-hydroxylation sites is 1. The minimum Gasteiger partial charge on any atom is -0.284 e. The molecule has 1 saturated heterocycles. The normalized spacial score (nSPS) is 17.6. The maximum Gasteiger partial charge on any atom is 0.289 e. The van der Waals surface area contributed by atoms with Gasteiger partial charge in [0, 0.05) is 12.6 Å². The minimum absolute atomic E-state index is 0.217. The van der Waals surface area contributed by atoms with E-state index < -0.39 is 20.6 Å². The average Bonchev–Trinajstić information content (AvgIpc) is 2.39. The Morgan fingerprint density at radius 3 is 2.61 bits per heavy atom. The Morgan fingerprint density at radius 2 is 2.00 bits per heavy atom. The molecule has 1 aromatic carbocycles. The van der Waals surface area contributed by atoms with Gasteiger partial charge in [0.25, 0.3) is 15.7 Å². The Bertz CT molecular complexity index is 551. The van der Waals surface area contributed by atoms with Crippen molar-refractivity contribution in [1.29, 1.82) is 0 Å². The molecule has 0 unspecified atom stereocenters. The molecule has 0 aromatic heterocycles. The van der Waals surface area contributed by atoms with Gasteiger partial charge in [-0.25, -0.2) is 8.42 Å². The lowest BCUT2D eigenvalue weighted by Gasteiger charge is -2.24. The zero-order valence-electron chi connectivity index (χ0n) is 9.48. The molecule has 18 heavy (non-hydrogen) atoms. The summed E-state index contributed by atoms with van der Waals surface area (Å²) in [4.78, 5) is 14.8. The van der Waals surface area contributed by atoms with Crippen molar-refractivity contribution in [3.63, 3.8) is 0 Å². The Kier molecular flexibility index (Phi) is 3.60. The molecule has 8 heteroatoms. The molecular weight excluding hydrogens is 260 g/mol. The maximum atomic E-state index is 12.2. The second-order valence-corrected chi connectivity index (χ2v) is 5.59. The highest BCUT2D eigenvalue weighted by Crippen LogP contribution is 2.27. The molecule has 7 nitrogen and oxygen atoms in total. The Labute approximate surface area is 104 Å². The smallest absolute Gasteiger partial charge is 0.284 e. The largest absolute Gasteiger partial charge is 0.289 e. The molecule has 1 aromatic rings. The molecule has 98 valence electrons. The molecule has 0 bridgehead atoms. The van der Waals surface area contributed by atoms with Crippen molar-refractivity contribution in [3.8, 4) is 0 Å². The Hall–Kier alpha value is -1.51. The summed E-state index contributed by atoms with van der Waals surface area (Å²) in [5.41, 5.74) is -0.438. The van der Waals surface area contributed by atoms with Gasteiger partial charge in [-0.05, 0) is 18.9 Å². The van der Waals surface area contributed by atoms with Crippen molar-refractivity contribution in [2.24, 2.45) is 0 Å². The predicted octanol–water partition coefficient (Wildman–Crippen LogP) is 1.31. The van der Waals surface area contributed by atoms with Gasteiger partial charge in [-0.1, -0.05) is 16.6 Å². The zero-order chi connectivity index (χ0) is 13.2. The van der Waals surface area contributed by atoms with Gasteiger partial charge in [0.05, 0.1) is 11.5 Å². The third-order valence-electron chi connectivity index (χ3n) is 2.58. The average molecular weight is 272 g/mol. The SMILES string of the molecule is O=[N+]([O-])c1ccccc1S(=O)(=O)N1CCCCO1. The van der Waals surface area contributed by atoms with Gasteiger partial charge in [0.1, 0.15) is 0 Å². The first-order valence-electron chi connectivity index (χ1n) is 5.42. The van der Waals surface area contributed by atoms with Gasteiger partial charge in [-0.3, -0.25) is 15.0 Å². The molecule has 0 amide bonds. The molecule has 0 aliphatic carbocycles. The summed E-state index contributed by atoms with van der Waals surface area (Å²) in [5, 5.41) is 10.8. The first kappa shape index (κ1) is 12.9. The minimum atomic E-state index is -3.97. The van der Waals surface area contributed by atoms with Gasteiger partial charge in [-0.15, -0.1) is 0 Å². The van der Waals surface area contributed by atoms with E-state index in [0.717, 1.165) is 17.0 Å². The van der Waals surface area contributed by atoms with E-state index in [0.29, 0.717) is 13.0 Å². The number of nitro groups is 1. The molecule has 1 aliphatic heterocycles. The van der Waals surface area contributed by atoms with Gasteiger partial charge >= 0.3 is 0 Å². The summed E-state index contributed by atoms with van der Waals surface area (Å²) < 4.78 is 25.3. The standard InChI is InChI=1S/C10H12N2O5S/c13-12(14)9-5-1-2-6-10(9)18(15,16)11-7-3-4-8-17-11/h1-2,5-6H,3-4,7-8H2. The summed E-state index contributed by atoms with van der Waals surface area (Å²) in [6, 6.07) is 5.25. The molecule has 0 saturated carbocycles. The molecule has 0 N–H and O–H groups in total. The summed E-state index contributed by atoms with van der Waals surface area (Å²) in [7, 11) is -3.97. The van der Waals surface area contributed by atoms with Crippen molar-refractivity contribution < 1.29 is 18.2 Å². The van der Waals surface area contributed by atoms with E-state index in [1.807, 2.05) is 0 Å². The second-order valence-electron chi connectivity index (χ2n) is 3.80. The lowest BCUT2D eigenvalue weighted by molar-refractivity contribution is -0.387. The molecule has 2 rings (SSSR count). The Balaban J connectivity index is 2.43. The summed E-state index contributed by atoms with van der Waals surface area (Å²) >= 11 is 0. The van der Waals surface area contributed by atoms with Crippen LogP contribution in [0.3, 0.4) is 0 Å². The van der Waals surface area contributed by atoms with Crippen LogP contribution in [0.4, 0.5) is 5.69 Å². The van der Waals surface area contributed by atoms with Crippen LogP contribution in [0.25, 0.3) is 0 Å². The van der Waals surface area contributed by atoms with Crippen LogP contribution in [-0.2, 0) is 14.9 Å². The van der Waals surface area contributed by atoms with Crippen molar-refractivity contribution in [2.45, 2.75) is 17.7 Å². The lowest BCUT2D eigenvalue weighted by atomic mass is 10.3. The van der Waals surface area contributed by atoms with E-state index in [-0.39, 0.29) is 11.4 Å². The highest BCUT2D eigenvalue weighted by molar-refractivity contribution is 7.89. The number of hydroxylamine groups is 1. The topological polar surface area (TPSA) is 89.8 Å². The number of rotatable bonds is 3. The van der Waals surface area contributed by atoms with Gasteiger partial charge in [-0.2, -0.15) is 0 Å². The first-order chi connectivity index (χ1) is 8.53. The number of sulfonamides is 1. The van der Waals surface area contributed by atoms with Crippen molar-refractivity contribution >= 4 is 15.7 Å². The van der Waals surface area contributed by atoms with E-state index in [4.69, 9.17) is 4.84 Å². The summed E-state index contributed by atoms with van der Waals surface area (Å²) in [5.74, 6) is 0. The zero-order valence-corrected chi connectivity index (χ0v) is 10.3. The van der Waals surface area contributed by atoms with Crippen LogP contribution in [0.5, 0.6) is 0 Å². The predicted molar refractivity (Wildman–Crippen MR) is 62.2 cm³/mol. The number of nitro benzene ring substituents is 1.